The van der Waals surface area contributed by atoms with Crippen molar-refractivity contribution in [3.63, 3.8) is 0 Å². The Kier molecular flexibility index (Phi) is 4.40. The van der Waals surface area contributed by atoms with Gasteiger partial charge in [-0.2, -0.15) is 0 Å². The number of primary amides is 1. The smallest absolute Gasteiger partial charge is 0.249 e. The molecule has 0 aliphatic heterocycles. The van der Waals surface area contributed by atoms with Crippen molar-refractivity contribution in [2.24, 2.45) is 5.73 Å². The third-order valence-corrected chi connectivity index (χ3v) is 5.89. The number of hydrogen-bond acceptors (Lipinski definition) is 3. The number of carbonyl (C=O) groups is 1. The minimum absolute atomic E-state index is 0.445. The van der Waals surface area contributed by atoms with Gasteiger partial charge in [0.25, 0.3) is 0 Å². The Morgan fingerprint density at radius 2 is 1.77 bits per heavy atom. The number of aromatic nitrogens is 2. The molecule has 154 valence electrons. The average Bonchev–Trinajstić information content (AvgIpc) is 3.24. The monoisotopic (exact) mass is 409 g/mol. The molecule has 5 heteroatoms. The first-order chi connectivity index (χ1) is 14.9. The van der Waals surface area contributed by atoms with Crippen molar-refractivity contribution in [1.29, 1.82) is 0 Å². The molecule has 0 fully saturated rings. The summed E-state index contributed by atoms with van der Waals surface area (Å²) in [5.41, 5.74) is 13.3. The van der Waals surface area contributed by atoms with E-state index < -0.39 is 5.91 Å². The fourth-order valence-corrected chi connectivity index (χ4v) is 4.51. The number of nitrogens with two attached hydrogens (primary N) is 1. The van der Waals surface area contributed by atoms with E-state index in [9.17, 15) is 4.79 Å². The summed E-state index contributed by atoms with van der Waals surface area (Å²) in [6.45, 7) is 6.53. The number of hydrogen-bond donors (Lipinski definition) is 1. The fourth-order valence-electron chi connectivity index (χ4n) is 4.51. The van der Waals surface area contributed by atoms with Crippen LogP contribution in [0.25, 0.3) is 32.9 Å². The van der Waals surface area contributed by atoms with E-state index in [4.69, 9.17) is 10.3 Å². The molecule has 2 N–H and O–H groups in total. The van der Waals surface area contributed by atoms with Gasteiger partial charge in [0.1, 0.15) is 5.76 Å². The van der Waals surface area contributed by atoms with E-state index in [1.165, 1.54) is 5.56 Å². The Hall–Kier alpha value is -3.86. The molecule has 3 aromatic carbocycles. The number of aryl methyl sites for hydroxylation is 3. The van der Waals surface area contributed by atoms with Crippen LogP contribution in [0, 0.1) is 20.8 Å². The number of benzene rings is 3. The Morgan fingerprint density at radius 1 is 1.00 bits per heavy atom. The first kappa shape index (κ1) is 19.1. The molecular formula is C26H23N3O2. The summed E-state index contributed by atoms with van der Waals surface area (Å²) >= 11 is 0. The number of nitrogens with zero attached hydrogens (tertiary/aromatic N) is 2. The van der Waals surface area contributed by atoms with Crippen LogP contribution in [-0.4, -0.2) is 15.6 Å². The van der Waals surface area contributed by atoms with Crippen LogP contribution in [0.1, 0.15) is 32.9 Å². The van der Waals surface area contributed by atoms with Gasteiger partial charge in [0.15, 0.2) is 0 Å². The van der Waals surface area contributed by atoms with E-state index in [0.29, 0.717) is 17.9 Å². The van der Waals surface area contributed by atoms with Crippen molar-refractivity contribution in [3.05, 3.63) is 88.8 Å². The minimum atomic E-state index is -0.445. The standard InChI is InChI=1S/C26H23N3O2/c1-15-9-10-22-20(11-15)25-21(26(27)30)12-19(24-16(2)28-31-17(24)3)13-23(25)29(22)14-18-7-5-4-6-8-18/h4-13H,14H2,1-3H3,(H2,27,30). The summed E-state index contributed by atoms with van der Waals surface area (Å²) in [4.78, 5) is 12.6. The fraction of sp³-hybridized carbons (Fsp3) is 0.154. The summed E-state index contributed by atoms with van der Waals surface area (Å²) in [6.07, 6.45) is 0. The van der Waals surface area contributed by atoms with Gasteiger partial charge in [-0.3, -0.25) is 4.79 Å². The summed E-state index contributed by atoms with van der Waals surface area (Å²) in [5, 5.41) is 6.01. The Morgan fingerprint density at radius 3 is 2.45 bits per heavy atom. The highest BCUT2D eigenvalue weighted by atomic mass is 16.5. The maximum atomic E-state index is 12.6. The maximum absolute atomic E-state index is 12.6. The first-order valence-corrected chi connectivity index (χ1v) is 10.3. The van der Waals surface area contributed by atoms with Crippen LogP contribution in [0.5, 0.6) is 0 Å². The lowest BCUT2D eigenvalue weighted by molar-refractivity contribution is 0.100. The molecule has 0 atom stereocenters. The van der Waals surface area contributed by atoms with Crippen LogP contribution in [0.15, 0.2) is 65.2 Å². The number of carbonyl (C=O) groups excluding carboxylic acids is 1. The number of fused-ring (bicyclic) bond motifs is 3. The minimum Gasteiger partial charge on any atom is -0.366 e. The highest BCUT2D eigenvalue weighted by Crippen LogP contribution is 2.37. The average molecular weight is 409 g/mol. The first-order valence-electron chi connectivity index (χ1n) is 10.3. The zero-order valence-corrected chi connectivity index (χ0v) is 17.8. The molecule has 0 bridgehead atoms. The lowest BCUT2D eigenvalue weighted by Crippen LogP contribution is -2.12. The number of amides is 1. The Labute approximate surface area is 180 Å². The second kappa shape index (κ2) is 7.13. The molecule has 0 aliphatic rings. The van der Waals surface area contributed by atoms with Crippen LogP contribution in [0.4, 0.5) is 0 Å². The topological polar surface area (TPSA) is 74.1 Å². The maximum Gasteiger partial charge on any atom is 0.249 e. The van der Waals surface area contributed by atoms with E-state index in [-0.39, 0.29) is 0 Å². The molecule has 0 aliphatic carbocycles. The molecule has 2 aromatic heterocycles. The van der Waals surface area contributed by atoms with Crippen molar-refractivity contribution >= 4 is 27.7 Å². The summed E-state index contributed by atoms with van der Waals surface area (Å²) in [5.74, 6) is 0.271. The Bertz CT molecular complexity index is 1440. The predicted octanol–water partition coefficient (Wildman–Crippen LogP) is 5.52. The van der Waals surface area contributed by atoms with E-state index in [1.807, 2.05) is 38.1 Å². The van der Waals surface area contributed by atoms with Crippen molar-refractivity contribution in [1.82, 2.24) is 9.72 Å². The molecule has 0 saturated carbocycles. The molecule has 5 aromatic rings. The van der Waals surface area contributed by atoms with Gasteiger partial charge in [-0.05, 0) is 56.2 Å². The van der Waals surface area contributed by atoms with Crippen LogP contribution < -0.4 is 5.73 Å². The van der Waals surface area contributed by atoms with Crippen molar-refractivity contribution < 1.29 is 9.32 Å². The van der Waals surface area contributed by atoms with Crippen LogP contribution >= 0.6 is 0 Å². The summed E-state index contributed by atoms with van der Waals surface area (Å²) < 4.78 is 7.65. The second-order valence-electron chi connectivity index (χ2n) is 8.07. The summed E-state index contributed by atoms with van der Waals surface area (Å²) in [6, 6.07) is 20.6. The predicted molar refractivity (Wildman–Crippen MR) is 123 cm³/mol. The zero-order chi connectivity index (χ0) is 21.7. The second-order valence-corrected chi connectivity index (χ2v) is 8.07. The largest absolute Gasteiger partial charge is 0.366 e. The highest BCUT2D eigenvalue weighted by molar-refractivity contribution is 6.19. The van der Waals surface area contributed by atoms with Gasteiger partial charge in [-0.1, -0.05) is 47.1 Å². The molecule has 5 nitrogen and oxygen atoms in total. The summed E-state index contributed by atoms with van der Waals surface area (Å²) in [7, 11) is 0. The number of rotatable bonds is 4. The van der Waals surface area contributed by atoms with Crippen molar-refractivity contribution in [2.45, 2.75) is 27.3 Å². The molecule has 5 rings (SSSR count). The normalized spacial score (nSPS) is 11.5. The van der Waals surface area contributed by atoms with Gasteiger partial charge in [-0.25, -0.2) is 0 Å². The lowest BCUT2D eigenvalue weighted by atomic mass is 9.97. The van der Waals surface area contributed by atoms with Crippen LogP contribution in [0.2, 0.25) is 0 Å². The SMILES string of the molecule is Cc1ccc2c(c1)c1c(C(N)=O)cc(-c3c(C)noc3C)cc1n2Cc1ccccc1. The molecule has 2 heterocycles. The van der Waals surface area contributed by atoms with Gasteiger partial charge in [0, 0.05) is 34.0 Å². The van der Waals surface area contributed by atoms with Crippen molar-refractivity contribution in [3.8, 4) is 11.1 Å². The third-order valence-electron chi connectivity index (χ3n) is 5.89. The lowest BCUT2D eigenvalue weighted by Gasteiger charge is -2.10. The van der Waals surface area contributed by atoms with Gasteiger partial charge < -0.3 is 14.8 Å². The highest BCUT2D eigenvalue weighted by Gasteiger charge is 2.21. The van der Waals surface area contributed by atoms with E-state index in [1.54, 1.807) is 0 Å². The van der Waals surface area contributed by atoms with Gasteiger partial charge >= 0.3 is 0 Å². The molecule has 0 spiro atoms. The third kappa shape index (κ3) is 3.10. The molecule has 1 amide bonds. The van der Waals surface area contributed by atoms with E-state index >= 15 is 0 Å². The van der Waals surface area contributed by atoms with Gasteiger partial charge in [0.05, 0.1) is 11.2 Å². The van der Waals surface area contributed by atoms with Crippen molar-refractivity contribution in [2.75, 3.05) is 0 Å². The van der Waals surface area contributed by atoms with Gasteiger partial charge in [-0.15, -0.1) is 0 Å². The zero-order valence-electron chi connectivity index (χ0n) is 17.8. The molecule has 0 saturated heterocycles. The van der Waals surface area contributed by atoms with Crippen LogP contribution in [-0.2, 0) is 6.54 Å². The molecular weight excluding hydrogens is 386 g/mol. The molecule has 31 heavy (non-hydrogen) atoms. The quantitative estimate of drug-likeness (QED) is 0.425. The van der Waals surface area contributed by atoms with Crippen LogP contribution in [0.3, 0.4) is 0 Å². The molecule has 0 radical (unpaired) electrons. The molecule has 0 unspecified atom stereocenters. The Balaban J connectivity index is 1.90. The van der Waals surface area contributed by atoms with Gasteiger partial charge in [0.2, 0.25) is 5.91 Å². The van der Waals surface area contributed by atoms with E-state index in [0.717, 1.165) is 44.2 Å². The van der Waals surface area contributed by atoms with E-state index in [2.05, 4.69) is 53.0 Å².